The van der Waals surface area contributed by atoms with E-state index in [0.29, 0.717) is 5.78 Å². The molecule has 4 heteroatoms. The van der Waals surface area contributed by atoms with Gasteiger partial charge in [0.1, 0.15) is 0 Å². The van der Waals surface area contributed by atoms with E-state index in [1.165, 1.54) is 13.4 Å². The Hall–Kier alpha value is -1.11. The van der Waals surface area contributed by atoms with Gasteiger partial charge in [-0.1, -0.05) is 0 Å². The summed E-state index contributed by atoms with van der Waals surface area (Å²) in [4.78, 5) is 12.9. The molecule has 0 fully saturated rings. The van der Waals surface area contributed by atoms with Gasteiger partial charge in [0, 0.05) is 0 Å². The van der Waals surface area contributed by atoms with Gasteiger partial charge in [0.25, 0.3) is 0 Å². The van der Waals surface area contributed by atoms with Crippen LogP contribution in [-0.2, 0) is 4.79 Å². The van der Waals surface area contributed by atoms with Gasteiger partial charge in [0.15, 0.2) is 0 Å². The number of carbonyl (C=O) groups is 1. The van der Waals surface area contributed by atoms with Crippen molar-refractivity contribution >= 4 is 64.0 Å². The monoisotopic (exact) mass is 526 g/mol. The molecule has 0 heterocycles. The van der Waals surface area contributed by atoms with Crippen LogP contribution in [0.3, 0.4) is 0 Å². The Kier molecular flexibility index (Phi) is 6.73. The Morgan fingerprint density at radius 2 is 0.880 bits per heavy atom. The van der Waals surface area contributed by atoms with E-state index in [0.717, 1.165) is 0 Å². The minimum absolute atomic E-state index is 0.117. The van der Waals surface area contributed by atoms with Crippen LogP contribution < -0.4 is 13.4 Å². The average molecular weight is 523 g/mol. The molecule has 0 N–H and O–H groups in total. The van der Waals surface area contributed by atoms with Crippen molar-refractivity contribution in [1.29, 1.82) is 0 Å². The van der Waals surface area contributed by atoms with Gasteiger partial charge in [-0.3, -0.25) is 0 Å². The normalized spacial score (nSPS) is 11.2. The molecule has 3 rings (SSSR count). The molecule has 0 aliphatic rings. The fourth-order valence-electron chi connectivity index (χ4n) is 2.21. The number of benzene rings is 3. The summed E-state index contributed by atoms with van der Waals surface area (Å²) in [6, 6.07) is 31.6. The molecule has 0 spiro atoms. The molecule has 0 saturated carbocycles. The van der Waals surface area contributed by atoms with Crippen LogP contribution in [0.2, 0.25) is 2.11 Å². The number of Topliss-reactive ketones (excluding diaryl/α,β-unsaturated/α-hetero) is 1. The van der Waals surface area contributed by atoms with Gasteiger partial charge in [-0.25, -0.2) is 0 Å². The molecule has 0 saturated heterocycles. The van der Waals surface area contributed by atoms with Gasteiger partial charge in [0.2, 0.25) is 0 Å². The fourth-order valence-corrected chi connectivity index (χ4v) is 14.8. The standard InChI is InChI=1S/C21H18OSe3/c1-17(22)21(23-18-11-5-2-6-12-18,24-19-13-7-3-8-14-19)25-20-15-9-4-10-16-20/h2-16H,1H3. The SMILES string of the molecule is CC(=O)C([Se]c1ccccc1)([Se]c1ccccc1)[Se]c1ccccc1. The zero-order valence-electron chi connectivity index (χ0n) is 13.8. The third-order valence-corrected chi connectivity index (χ3v) is 15.6. The van der Waals surface area contributed by atoms with E-state index in [-0.39, 0.29) is 47.0 Å². The molecule has 1 nitrogen and oxygen atoms in total. The zero-order valence-corrected chi connectivity index (χ0v) is 18.9. The van der Waals surface area contributed by atoms with E-state index in [2.05, 4.69) is 72.8 Å². The van der Waals surface area contributed by atoms with Crippen molar-refractivity contribution in [3.63, 3.8) is 0 Å². The molecule has 0 atom stereocenters. The quantitative estimate of drug-likeness (QED) is 0.432. The van der Waals surface area contributed by atoms with E-state index in [1.54, 1.807) is 6.92 Å². The maximum absolute atomic E-state index is 12.9. The van der Waals surface area contributed by atoms with Crippen molar-refractivity contribution < 1.29 is 4.79 Å². The van der Waals surface area contributed by atoms with E-state index >= 15 is 0 Å². The van der Waals surface area contributed by atoms with Crippen molar-refractivity contribution in [3.8, 4) is 0 Å². The number of rotatable bonds is 7. The molecule has 0 radical (unpaired) electrons. The molecule has 3 aromatic rings. The molecule has 0 aliphatic heterocycles. The first-order valence-electron chi connectivity index (χ1n) is 7.91. The summed E-state index contributed by atoms with van der Waals surface area (Å²) < 4.78 is 3.68. The van der Waals surface area contributed by atoms with Crippen molar-refractivity contribution in [2.45, 2.75) is 9.03 Å². The van der Waals surface area contributed by atoms with Gasteiger partial charge >= 0.3 is 169 Å². The van der Waals surface area contributed by atoms with Crippen molar-refractivity contribution in [2.24, 2.45) is 0 Å². The molecule has 0 amide bonds. The molecular weight excluding hydrogens is 505 g/mol. The predicted molar refractivity (Wildman–Crippen MR) is 109 cm³/mol. The Morgan fingerprint density at radius 1 is 0.600 bits per heavy atom. The number of hydrogen-bond donors (Lipinski definition) is 0. The predicted octanol–water partition coefficient (Wildman–Crippen LogP) is 1.74. The summed E-state index contributed by atoms with van der Waals surface area (Å²) in [6.07, 6.45) is 0. The van der Waals surface area contributed by atoms with Crippen LogP contribution in [0, 0.1) is 0 Å². The van der Waals surface area contributed by atoms with Crippen molar-refractivity contribution in [1.82, 2.24) is 0 Å². The van der Waals surface area contributed by atoms with Gasteiger partial charge < -0.3 is 0 Å². The molecule has 0 bridgehead atoms. The van der Waals surface area contributed by atoms with Crippen LogP contribution in [-0.4, -0.2) is 50.7 Å². The third kappa shape index (κ3) is 5.18. The Balaban J connectivity index is 1.99. The van der Waals surface area contributed by atoms with E-state index in [4.69, 9.17) is 0 Å². The van der Waals surface area contributed by atoms with Gasteiger partial charge in [-0.05, 0) is 0 Å². The maximum atomic E-state index is 12.9. The topological polar surface area (TPSA) is 17.1 Å². The molecule has 0 aromatic heterocycles. The van der Waals surface area contributed by atoms with Crippen molar-refractivity contribution in [3.05, 3.63) is 91.0 Å². The first-order chi connectivity index (χ1) is 12.2. The van der Waals surface area contributed by atoms with E-state index in [1.807, 2.05) is 18.2 Å². The number of ketones is 1. The van der Waals surface area contributed by atoms with Gasteiger partial charge in [-0.2, -0.15) is 0 Å². The molecule has 126 valence electrons. The van der Waals surface area contributed by atoms with Crippen LogP contribution in [0.1, 0.15) is 6.92 Å². The summed E-state index contributed by atoms with van der Waals surface area (Å²) in [7, 11) is 0. The second kappa shape index (κ2) is 9.01. The fraction of sp³-hybridized carbons (Fsp3) is 0.0952. The van der Waals surface area contributed by atoms with Gasteiger partial charge in [-0.15, -0.1) is 0 Å². The van der Waals surface area contributed by atoms with Crippen LogP contribution in [0.15, 0.2) is 91.0 Å². The number of hydrogen-bond acceptors (Lipinski definition) is 1. The summed E-state index contributed by atoms with van der Waals surface area (Å²) in [5.41, 5.74) is 0. The minimum atomic E-state index is -0.239. The average Bonchev–Trinajstić information content (AvgIpc) is 2.64. The van der Waals surface area contributed by atoms with Crippen LogP contribution >= 0.6 is 0 Å². The van der Waals surface area contributed by atoms with Crippen LogP contribution in [0.5, 0.6) is 0 Å². The summed E-state index contributed by atoms with van der Waals surface area (Å²) >= 11 is 0.351. The van der Waals surface area contributed by atoms with Crippen molar-refractivity contribution in [2.75, 3.05) is 0 Å². The first kappa shape index (κ1) is 18.7. The molecule has 0 aliphatic carbocycles. The van der Waals surface area contributed by atoms with E-state index < -0.39 is 0 Å². The first-order valence-corrected chi connectivity index (χ1v) is 13.1. The molecule has 25 heavy (non-hydrogen) atoms. The van der Waals surface area contributed by atoms with E-state index in [9.17, 15) is 4.79 Å². The summed E-state index contributed by atoms with van der Waals surface area (Å²) in [5.74, 6) is 0.337. The number of carbonyl (C=O) groups excluding carboxylic acids is 1. The second-order valence-electron chi connectivity index (χ2n) is 5.36. The Bertz CT molecular complexity index is 703. The van der Waals surface area contributed by atoms with Crippen LogP contribution in [0.25, 0.3) is 0 Å². The molecule has 3 aromatic carbocycles. The van der Waals surface area contributed by atoms with Crippen LogP contribution in [0.4, 0.5) is 0 Å². The molecular formula is C21H18OSe3. The third-order valence-electron chi connectivity index (χ3n) is 3.42. The zero-order chi connectivity index (χ0) is 17.5. The molecule has 0 unspecified atom stereocenters. The summed E-state index contributed by atoms with van der Waals surface area (Å²) in [5, 5.41) is 0. The Morgan fingerprint density at radius 3 is 1.12 bits per heavy atom. The second-order valence-corrected chi connectivity index (χ2v) is 17.4. The van der Waals surface area contributed by atoms with Gasteiger partial charge in [0.05, 0.1) is 0 Å². The Labute approximate surface area is 168 Å². The summed E-state index contributed by atoms with van der Waals surface area (Å²) in [6.45, 7) is 1.79.